The molecule has 1 aliphatic rings. The lowest BCUT2D eigenvalue weighted by Crippen LogP contribution is -2.37. The number of pyridine rings is 1. The maximum atomic E-state index is 11.6. The molecule has 21 heavy (non-hydrogen) atoms. The van der Waals surface area contributed by atoms with E-state index in [9.17, 15) is 4.79 Å². The summed E-state index contributed by atoms with van der Waals surface area (Å²) in [5.74, 6) is 0. The number of aliphatic imine (C=N–C) groups is 1. The fraction of sp³-hybridized carbons (Fsp3) is 0.188. The Morgan fingerprint density at radius 1 is 1.29 bits per heavy atom. The average Bonchev–Trinajstić information content (AvgIpc) is 2.54. The molecule has 0 bridgehead atoms. The number of benzene rings is 1. The van der Waals surface area contributed by atoms with Gasteiger partial charge in [0.05, 0.1) is 5.69 Å². The van der Waals surface area contributed by atoms with Crippen LogP contribution < -0.4 is 0 Å². The van der Waals surface area contributed by atoms with Crippen molar-refractivity contribution in [3.05, 3.63) is 54.2 Å². The van der Waals surface area contributed by atoms with E-state index in [0.29, 0.717) is 0 Å². The van der Waals surface area contributed by atoms with E-state index in [1.165, 1.54) is 11.8 Å². The fourth-order valence-electron chi connectivity index (χ4n) is 2.32. The van der Waals surface area contributed by atoms with Crippen molar-refractivity contribution in [2.24, 2.45) is 4.99 Å². The lowest BCUT2D eigenvalue weighted by Gasteiger charge is -2.34. The molecule has 0 amide bonds. The van der Waals surface area contributed by atoms with Crippen LogP contribution in [-0.2, 0) is 4.79 Å². The first kappa shape index (κ1) is 13.8. The minimum absolute atomic E-state index is 0.317. The van der Waals surface area contributed by atoms with Crippen molar-refractivity contribution in [1.82, 2.24) is 9.88 Å². The first-order chi connectivity index (χ1) is 10.3. The van der Waals surface area contributed by atoms with Gasteiger partial charge in [-0.05, 0) is 36.9 Å². The van der Waals surface area contributed by atoms with Gasteiger partial charge < -0.3 is 9.69 Å². The second-order valence-electron chi connectivity index (χ2n) is 4.60. The number of likely N-dealkylation sites (N-methyl/N-ethyl adjacent to an activating group) is 1. The molecule has 1 unspecified atom stereocenters. The second-order valence-corrected chi connectivity index (χ2v) is 5.55. The van der Waals surface area contributed by atoms with Gasteiger partial charge in [-0.3, -0.25) is 0 Å². The Kier molecular flexibility index (Phi) is 4.01. The normalized spacial score (nSPS) is 19.4. The van der Waals surface area contributed by atoms with Gasteiger partial charge in [-0.15, -0.1) is 0 Å². The number of amidine groups is 1. The summed E-state index contributed by atoms with van der Waals surface area (Å²) in [5, 5.41) is 1.67. The van der Waals surface area contributed by atoms with Crippen LogP contribution in [0.2, 0.25) is 0 Å². The number of carbonyl (C=O) groups is 1. The zero-order valence-corrected chi connectivity index (χ0v) is 12.5. The summed E-state index contributed by atoms with van der Waals surface area (Å²) in [6, 6.07) is 13.3. The molecule has 0 fully saturated rings. The minimum atomic E-state index is -0.317. The number of carbonyl (C=O) groups excluding carboxylic acids is 1. The van der Waals surface area contributed by atoms with Crippen LogP contribution in [-0.4, -0.2) is 27.9 Å². The molecule has 0 saturated carbocycles. The molecule has 0 spiro atoms. The molecule has 3 rings (SSSR count). The highest BCUT2D eigenvalue weighted by Crippen LogP contribution is 2.37. The molecule has 2 aromatic rings. The Morgan fingerprint density at radius 3 is 2.81 bits per heavy atom. The van der Waals surface area contributed by atoms with Crippen LogP contribution in [0.25, 0.3) is 0 Å². The molecule has 0 radical (unpaired) electrons. The van der Waals surface area contributed by atoms with Crippen LogP contribution in [0.4, 0.5) is 5.69 Å². The molecule has 1 aromatic heterocycles. The van der Waals surface area contributed by atoms with Crippen molar-refractivity contribution in [2.75, 3.05) is 6.54 Å². The highest BCUT2D eigenvalue weighted by Gasteiger charge is 2.31. The summed E-state index contributed by atoms with van der Waals surface area (Å²) >= 11 is 1.51. The molecule has 1 aromatic carbocycles. The van der Waals surface area contributed by atoms with Crippen LogP contribution in [0.15, 0.2) is 58.7 Å². The zero-order chi connectivity index (χ0) is 14.7. The lowest BCUT2D eigenvalue weighted by atomic mass is 10.1. The smallest absolute Gasteiger partial charge is 0.171 e. The number of aromatic nitrogens is 1. The van der Waals surface area contributed by atoms with E-state index in [0.717, 1.165) is 34.3 Å². The summed E-state index contributed by atoms with van der Waals surface area (Å²) in [5.41, 5.74) is 1.83. The number of aldehydes is 1. The number of nitrogens with zero attached hydrogens (tertiary/aromatic N) is 3. The number of thioether (sulfide) groups is 1. The summed E-state index contributed by atoms with van der Waals surface area (Å²) in [4.78, 5) is 22.6. The van der Waals surface area contributed by atoms with Gasteiger partial charge in [0.15, 0.2) is 5.17 Å². The summed E-state index contributed by atoms with van der Waals surface area (Å²) < 4.78 is 0. The van der Waals surface area contributed by atoms with Gasteiger partial charge in [0.25, 0.3) is 0 Å². The van der Waals surface area contributed by atoms with Gasteiger partial charge in [-0.1, -0.05) is 24.3 Å². The summed E-state index contributed by atoms with van der Waals surface area (Å²) in [6.07, 6.45) is 2.71. The van der Waals surface area contributed by atoms with Gasteiger partial charge >= 0.3 is 0 Å². The van der Waals surface area contributed by atoms with Gasteiger partial charge in [0.2, 0.25) is 0 Å². The van der Waals surface area contributed by atoms with E-state index in [-0.39, 0.29) is 6.04 Å². The third-order valence-corrected chi connectivity index (χ3v) is 4.38. The third-order valence-electron chi connectivity index (χ3n) is 3.34. The van der Waals surface area contributed by atoms with Crippen LogP contribution in [0.3, 0.4) is 0 Å². The van der Waals surface area contributed by atoms with E-state index in [1.54, 1.807) is 6.20 Å². The van der Waals surface area contributed by atoms with Gasteiger partial charge in [-0.2, -0.15) is 0 Å². The lowest BCUT2D eigenvalue weighted by molar-refractivity contribution is -0.111. The maximum Gasteiger partial charge on any atom is 0.171 e. The highest BCUT2D eigenvalue weighted by atomic mass is 32.2. The van der Waals surface area contributed by atoms with Gasteiger partial charge in [0, 0.05) is 18.3 Å². The molecule has 5 heteroatoms. The number of para-hydroxylation sites is 1. The zero-order valence-electron chi connectivity index (χ0n) is 11.6. The Balaban J connectivity index is 2.06. The van der Waals surface area contributed by atoms with Crippen LogP contribution >= 0.6 is 11.8 Å². The SMILES string of the molecule is CCN1C(=Nc2ccccc2)Sc2ncccc2C1C=O. The molecule has 1 atom stereocenters. The van der Waals surface area contributed by atoms with Crippen molar-refractivity contribution < 1.29 is 4.79 Å². The molecule has 2 heterocycles. The van der Waals surface area contributed by atoms with Crippen molar-refractivity contribution in [3.63, 3.8) is 0 Å². The molecule has 0 aliphatic carbocycles. The third kappa shape index (κ3) is 2.69. The monoisotopic (exact) mass is 297 g/mol. The Bertz CT molecular complexity index is 672. The Labute approximate surface area is 127 Å². The van der Waals surface area contributed by atoms with E-state index in [4.69, 9.17) is 0 Å². The van der Waals surface area contributed by atoms with E-state index in [2.05, 4.69) is 9.98 Å². The van der Waals surface area contributed by atoms with Crippen LogP contribution in [0.5, 0.6) is 0 Å². The van der Waals surface area contributed by atoms with Crippen LogP contribution in [0, 0.1) is 0 Å². The standard InChI is InChI=1S/C16H15N3OS/c1-2-19-14(11-20)13-9-6-10-17-15(13)21-16(19)18-12-7-4-3-5-8-12/h3-11,14H,2H2,1H3. The summed E-state index contributed by atoms with van der Waals surface area (Å²) in [6.45, 7) is 2.75. The number of rotatable bonds is 3. The van der Waals surface area contributed by atoms with Crippen molar-refractivity contribution in [1.29, 1.82) is 0 Å². The number of hydrogen-bond donors (Lipinski definition) is 0. The molecule has 1 aliphatic heterocycles. The topological polar surface area (TPSA) is 45.6 Å². The summed E-state index contributed by atoms with van der Waals surface area (Å²) in [7, 11) is 0. The second kappa shape index (κ2) is 6.10. The highest BCUT2D eigenvalue weighted by molar-refractivity contribution is 8.13. The average molecular weight is 297 g/mol. The van der Waals surface area contributed by atoms with Gasteiger partial charge in [0.1, 0.15) is 17.4 Å². The van der Waals surface area contributed by atoms with Crippen molar-refractivity contribution >= 4 is 28.9 Å². The fourth-order valence-corrected chi connectivity index (χ4v) is 3.43. The first-order valence-electron chi connectivity index (χ1n) is 6.82. The molecule has 0 saturated heterocycles. The molecular weight excluding hydrogens is 282 g/mol. The molecule has 0 N–H and O–H groups in total. The first-order valence-corrected chi connectivity index (χ1v) is 7.63. The maximum absolute atomic E-state index is 11.6. The predicted molar refractivity (Wildman–Crippen MR) is 84.8 cm³/mol. The van der Waals surface area contributed by atoms with E-state index >= 15 is 0 Å². The quantitative estimate of drug-likeness (QED) is 0.814. The number of fused-ring (bicyclic) bond motifs is 1. The Morgan fingerprint density at radius 2 is 2.10 bits per heavy atom. The van der Waals surface area contributed by atoms with E-state index in [1.807, 2.05) is 54.3 Å². The molecule has 4 nitrogen and oxygen atoms in total. The Hall–Kier alpha value is -2.14. The molecule has 106 valence electrons. The largest absolute Gasteiger partial charge is 0.337 e. The minimum Gasteiger partial charge on any atom is -0.337 e. The van der Waals surface area contributed by atoms with Crippen molar-refractivity contribution in [3.8, 4) is 0 Å². The molecular formula is C16H15N3OS. The predicted octanol–water partition coefficient (Wildman–Crippen LogP) is 3.44. The number of hydrogen-bond acceptors (Lipinski definition) is 4. The van der Waals surface area contributed by atoms with Crippen LogP contribution in [0.1, 0.15) is 18.5 Å². The van der Waals surface area contributed by atoms with E-state index < -0.39 is 0 Å². The van der Waals surface area contributed by atoms with Crippen molar-refractivity contribution in [2.45, 2.75) is 18.0 Å². The van der Waals surface area contributed by atoms with Gasteiger partial charge in [-0.25, -0.2) is 9.98 Å².